The Morgan fingerprint density at radius 2 is 1.92 bits per heavy atom. The maximum absolute atomic E-state index is 12.9. The van der Waals surface area contributed by atoms with Crippen molar-refractivity contribution in [1.29, 1.82) is 0 Å². The lowest BCUT2D eigenvalue weighted by atomic mass is 10.2. The number of unbranched alkanes of at least 4 members (excludes halogenated alkanes) is 1. The van der Waals surface area contributed by atoms with E-state index in [0.29, 0.717) is 13.1 Å². The van der Waals surface area contributed by atoms with Crippen LogP contribution in [-0.4, -0.2) is 48.6 Å². The van der Waals surface area contributed by atoms with Gasteiger partial charge in [-0.1, -0.05) is 24.9 Å². The number of carbonyl (C=O) groups excluding carboxylic acids is 1. The molecule has 1 saturated heterocycles. The van der Waals surface area contributed by atoms with Crippen LogP contribution in [0.3, 0.4) is 0 Å². The van der Waals surface area contributed by atoms with Crippen molar-refractivity contribution in [2.24, 2.45) is 0 Å². The number of hydrogen-bond acceptors (Lipinski definition) is 2. The lowest BCUT2D eigenvalue weighted by molar-refractivity contribution is -0.137. The molecule has 0 radical (unpaired) electrons. The van der Waals surface area contributed by atoms with E-state index in [1.54, 1.807) is 4.90 Å². The summed E-state index contributed by atoms with van der Waals surface area (Å²) in [4.78, 5) is 16.1. The number of nitrogens with zero attached hydrogens (tertiary/aromatic N) is 2. The summed E-state index contributed by atoms with van der Waals surface area (Å²) in [5, 5.41) is 2.13. The van der Waals surface area contributed by atoms with Gasteiger partial charge in [0.05, 0.1) is 10.6 Å². The lowest BCUT2D eigenvalue weighted by Crippen LogP contribution is -2.50. The first kappa shape index (κ1) is 18.9. The zero-order valence-electron chi connectivity index (χ0n) is 13.5. The minimum Gasteiger partial charge on any atom is -0.322 e. The number of alkyl halides is 3. The molecule has 0 atom stereocenters. The van der Waals surface area contributed by atoms with Gasteiger partial charge in [-0.3, -0.25) is 4.90 Å². The van der Waals surface area contributed by atoms with Gasteiger partial charge in [-0.25, -0.2) is 4.79 Å². The highest BCUT2D eigenvalue weighted by Crippen LogP contribution is 2.36. The third-order valence-corrected chi connectivity index (χ3v) is 4.34. The molecule has 134 valence electrons. The minimum absolute atomic E-state index is 0.0881. The minimum atomic E-state index is -4.55. The summed E-state index contributed by atoms with van der Waals surface area (Å²) in [6.45, 7) is 5.83. The van der Waals surface area contributed by atoms with E-state index in [9.17, 15) is 18.0 Å². The molecule has 0 bridgehead atoms. The van der Waals surface area contributed by atoms with Crippen LogP contribution in [0.5, 0.6) is 0 Å². The molecular formula is C16H21ClF3N3O. The van der Waals surface area contributed by atoms with Gasteiger partial charge in [0, 0.05) is 31.9 Å². The van der Waals surface area contributed by atoms with Gasteiger partial charge in [-0.15, -0.1) is 0 Å². The van der Waals surface area contributed by atoms with E-state index in [1.165, 1.54) is 6.07 Å². The Kier molecular flexibility index (Phi) is 6.34. The second kappa shape index (κ2) is 8.07. The number of amides is 2. The Morgan fingerprint density at radius 3 is 2.50 bits per heavy atom. The van der Waals surface area contributed by atoms with Crippen LogP contribution in [0.4, 0.5) is 23.7 Å². The highest BCUT2D eigenvalue weighted by molar-refractivity contribution is 6.31. The number of rotatable bonds is 4. The molecule has 1 heterocycles. The maximum atomic E-state index is 12.9. The number of nitrogens with one attached hydrogen (secondary N) is 1. The summed E-state index contributed by atoms with van der Waals surface area (Å²) in [5.74, 6) is 0. The van der Waals surface area contributed by atoms with Crippen molar-refractivity contribution in [3.8, 4) is 0 Å². The van der Waals surface area contributed by atoms with Crippen LogP contribution in [0.25, 0.3) is 0 Å². The topological polar surface area (TPSA) is 35.6 Å². The maximum Gasteiger partial charge on any atom is 0.417 e. The SMILES string of the molecule is CCCCN1CCN(C(=O)Nc2ccc(Cl)c(C(F)(F)F)c2)CC1. The molecule has 8 heteroatoms. The normalized spacial score (nSPS) is 16.3. The number of urea groups is 1. The van der Waals surface area contributed by atoms with Gasteiger partial charge < -0.3 is 10.2 Å². The molecule has 1 fully saturated rings. The molecule has 2 rings (SSSR count). The highest BCUT2D eigenvalue weighted by Gasteiger charge is 2.33. The van der Waals surface area contributed by atoms with Crippen LogP contribution >= 0.6 is 11.6 Å². The summed E-state index contributed by atoms with van der Waals surface area (Å²) in [7, 11) is 0. The zero-order valence-corrected chi connectivity index (χ0v) is 14.3. The van der Waals surface area contributed by atoms with Crippen LogP contribution in [0.15, 0.2) is 18.2 Å². The molecule has 4 nitrogen and oxygen atoms in total. The first-order valence-corrected chi connectivity index (χ1v) is 8.34. The standard InChI is InChI=1S/C16H21ClF3N3O/c1-2-3-6-22-7-9-23(10-8-22)15(24)21-12-4-5-14(17)13(11-12)16(18,19)20/h4-5,11H,2-3,6-10H2,1H3,(H,21,24). The second-order valence-electron chi connectivity index (χ2n) is 5.80. The molecule has 1 aliphatic rings. The summed E-state index contributed by atoms with van der Waals surface area (Å²) >= 11 is 5.58. The van der Waals surface area contributed by atoms with Crippen LogP contribution in [-0.2, 0) is 6.18 Å². The Labute approximate surface area is 144 Å². The van der Waals surface area contributed by atoms with Gasteiger partial charge in [0.1, 0.15) is 0 Å². The van der Waals surface area contributed by atoms with E-state index in [2.05, 4.69) is 17.1 Å². The fraction of sp³-hybridized carbons (Fsp3) is 0.562. The van der Waals surface area contributed by atoms with Crippen LogP contribution < -0.4 is 5.32 Å². The molecule has 0 unspecified atom stereocenters. The van der Waals surface area contributed by atoms with Crippen molar-refractivity contribution in [2.45, 2.75) is 25.9 Å². The Bertz CT molecular complexity index is 572. The fourth-order valence-corrected chi connectivity index (χ4v) is 2.80. The number of hydrogen-bond donors (Lipinski definition) is 1. The van der Waals surface area contributed by atoms with Gasteiger partial charge in [-0.05, 0) is 31.2 Å². The summed E-state index contributed by atoms with van der Waals surface area (Å²) < 4.78 is 38.6. The average molecular weight is 364 g/mol. The predicted octanol–water partition coefficient (Wildman–Crippen LogP) is 4.31. The molecule has 2 amide bonds. The largest absolute Gasteiger partial charge is 0.417 e. The van der Waals surface area contributed by atoms with Crippen molar-refractivity contribution in [3.05, 3.63) is 28.8 Å². The fourth-order valence-electron chi connectivity index (χ4n) is 2.58. The predicted molar refractivity (Wildman–Crippen MR) is 88.4 cm³/mol. The number of carbonyl (C=O) groups is 1. The molecule has 1 aromatic carbocycles. The van der Waals surface area contributed by atoms with Gasteiger partial charge >= 0.3 is 12.2 Å². The van der Waals surface area contributed by atoms with E-state index < -0.39 is 11.7 Å². The monoisotopic (exact) mass is 363 g/mol. The van der Waals surface area contributed by atoms with Crippen LogP contribution in [0.2, 0.25) is 5.02 Å². The number of benzene rings is 1. The first-order chi connectivity index (χ1) is 11.3. The molecular weight excluding hydrogens is 343 g/mol. The summed E-state index contributed by atoms with van der Waals surface area (Å²) in [6.07, 6.45) is -2.31. The number of halogens is 4. The van der Waals surface area contributed by atoms with Gasteiger partial charge in [0.2, 0.25) is 0 Å². The van der Waals surface area contributed by atoms with Crippen molar-refractivity contribution in [2.75, 3.05) is 38.0 Å². The Hall–Kier alpha value is -1.47. The van der Waals surface area contributed by atoms with E-state index in [0.717, 1.165) is 44.6 Å². The number of anilines is 1. The molecule has 24 heavy (non-hydrogen) atoms. The third-order valence-electron chi connectivity index (χ3n) is 4.01. The Balaban J connectivity index is 1.94. The Morgan fingerprint density at radius 1 is 1.25 bits per heavy atom. The smallest absolute Gasteiger partial charge is 0.322 e. The molecule has 1 aliphatic heterocycles. The van der Waals surface area contributed by atoms with E-state index in [4.69, 9.17) is 11.6 Å². The molecule has 1 N–H and O–H groups in total. The molecule has 0 spiro atoms. The first-order valence-electron chi connectivity index (χ1n) is 7.96. The van der Waals surface area contributed by atoms with Gasteiger partial charge in [0.25, 0.3) is 0 Å². The van der Waals surface area contributed by atoms with Crippen molar-refractivity contribution >= 4 is 23.3 Å². The van der Waals surface area contributed by atoms with Crippen molar-refractivity contribution in [3.63, 3.8) is 0 Å². The zero-order chi connectivity index (χ0) is 17.7. The molecule has 0 aliphatic carbocycles. The molecule has 1 aromatic rings. The van der Waals surface area contributed by atoms with E-state index in [1.807, 2.05) is 0 Å². The highest BCUT2D eigenvalue weighted by atomic mass is 35.5. The number of piperazine rings is 1. The lowest BCUT2D eigenvalue weighted by Gasteiger charge is -2.34. The van der Waals surface area contributed by atoms with Gasteiger partial charge in [-0.2, -0.15) is 13.2 Å². The van der Waals surface area contributed by atoms with E-state index >= 15 is 0 Å². The van der Waals surface area contributed by atoms with Gasteiger partial charge in [0.15, 0.2) is 0 Å². The summed E-state index contributed by atoms with van der Waals surface area (Å²) in [6, 6.07) is 2.98. The van der Waals surface area contributed by atoms with Crippen molar-refractivity contribution in [1.82, 2.24) is 9.80 Å². The molecule has 0 aromatic heterocycles. The third kappa shape index (κ3) is 5.01. The van der Waals surface area contributed by atoms with Crippen LogP contribution in [0, 0.1) is 0 Å². The summed E-state index contributed by atoms with van der Waals surface area (Å²) in [5.41, 5.74) is -0.864. The average Bonchev–Trinajstić information content (AvgIpc) is 2.54. The molecule has 0 saturated carbocycles. The van der Waals surface area contributed by atoms with E-state index in [-0.39, 0.29) is 16.7 Å². The van der Waals surface area contributed by atoms with Crippen molar-refractivity contribution < 1.29 is 18.0 Å². The quantitative estimate of drug-likeness (QED) is 0.865. The second-order valence-corrected chi connectivity index (χ2v) is 6.21. The van der Waals surface area contributed by atoms with Crippen LogP contribution in [0.1, 0.15) is 25.3 Å².